The van der Waals surface area contributed by atoms with Crippen LogP contribution in [0, 0.1) is 0 Å². The van der Waals surface area contributed by atoms with Gasteiger partial charge in [-0.05, 0) is 19.1 Å². The standard InChI is InChI=1S/C8H10O2/c1-3-5-8(10)6-7(9)4-2/h3-5H,2,6H2,1H3. The van der Waals surface area contributed by atoms with Crippen molar-refractivity contribution in [3.05, 3.63) is 24.8 Å². The molecule has 0 aromatic carbocycles. The zero-order valence-electron chi connectivity index (χ0n) is 5.96. The molecule has 0 aromatic rings. The van der Waals surface area contributed by atoms with Gasteiger partial charge >= 0.3 is 0 Å². The largest absolute Gasteiger partial charge is 0.294 e. The van der Waals surface area contributed by atoms with Gasteiger partial charge in [0, 0.05) is 0 Å². The molecule has 0 rings (SSSR count). The van der Waals surface area contributed by atoms with Crippen molar-refractivity contribution in [3.8, 4) is 0 Å². The molecule has 0 radical (unpaired) electrons. The van der Waals surface area contributed by atoms with Crippen LogP contribution in [0.15, 0.2) is 24.8 Å². The van der Waals surface area contributed by atoms with E-state index in [4.69, 9.17) is 0 Å². The van der Waals surface area contributed by atoms with Gasteiger partial charge in [-0.3, -0.25) is 9.59 Å². The van der Waals surface area contributed by atoms with E-state index in [1.807, 2.05) is 0 Å². The van der Waals surface area contributed by atoms with Crippen molar-refractivity contribution in [2.45, 2.75) is 13.3 Å². The summed E-state index contributed by atoms with van der Waals surface area (Å²) in [4.78, 5) is 21.2. The van der Waals surface area contributed by atoms with Crippen molar-refractivity contribution in [2.24, 2.45) is 0 Å². The molecule has 0 aliphatic carbocycles. The Labute approximate surface area is 60.2 Å². The molecule has 0 aliphatic heterocycles. The van der Waals surface area contributed by atoms with Gasteiger partial charge in [0.15, 0.2) is 11.6 Å². The first kappa shape index (κ1) is 8.82. The van der Waals surface area contributed by atoms with E-state index in [1.54, 1.807) is 13.0 Å². The second kappa shape index (κ2) is 4.68. The van der Waals surface area contributed by atoms with Crippen LogP contribution < -0.4 is 0 Å². The predicted molar refractivity (Wildman–Crippen MR) is 39.6 cm³/mol. The molecule has 0 unspecified atom stereocenters. The van der Waals surface area contributed by atoms with Gasteiger partial charge in [-0.2, -0.15) is 0 Å². The summed E-state index contributed by atoms with van der Waals surface area (Å²) >= 11 is 0. The summed E-state index contributed by atoms with van der Waals surface area (Å²) in [5, 5.41) is 0. The molecule has 0 atom stereocenters. The lowest BCUT2D eigenvalue weighted by atomic mass is 10.2. The van der Waals surface area contributed by atoms with Gasteiger partial charge in [-0.15, -0.1) is 0 Å². The molecule has 10 heavy (non-hydrogen) atoms. The Morgan fingerprint density at radius 3 is 2.40 bits per heavy atom. The fourth-order valence-electron chi connectivity index (χ4n) is 0.489. The van der Waals surface area contributed by atoms with Gasteiger partial charge in [0.25, 0.3) is 0 Å². The molecule has 0 aliphatic rings. The van der Waals surface area contributed by atoms with E-state index in [0.29, 0.717) is 0 Å². The Morgan fingerprint density at radius 2 is 2.00 bits per heavy atom. The highest BCUT2D eigenvalue weighted by atomic mass is 16.1. The Hall–Kier alpha value is -1.18. The highest BCUT2D eigenvalue weighted by molar-refractivity contribution is 6.08. The summed E-state index contributed by atoms with van der Waals surface area (Å²) in [6, 6.07) is 0. The van der Waals surface area contributed by atoms with Gasteiger partial charge in [-0.1, -0.05) is 12.7 Å². The van der Waals surface area contributed by atoms with Crippen LogP contribution in [0.4, 0.5) is 0 Å². The third-order valence-electron chi connectivity index (χ3n) is 0.929. The van der Waals surface area contributed by atoms with Crippen LogP contribution in [0.1, 0.15) is 13.3 Å². The second-order valence-corrected chi connectivity index (χ2v) is 1.81. The minimum absolute atomic E-state index is 0.0617. The van der Waals surface area contributed by atoms with E-state index in [9.17, 15) is 9.59 Å². The smallest absolute Gasteiger partial charge is 0.163 e. The minimum atomic E-state index is -0.233. The summed E-state index contributed by atoms with van der Waals surface area (Å²) in [6.07, 6.45) is 4.08. The summed E-state index contributed by atoms with van der Waals surface area (Å²) in [6.45, 7) is 4.98. The first-order valence-corrected chi connectivity index (χ1v) is 3.01. The van der Waals surface area contributed by atoms with E-state index < -0.39 is 0 Å². The normalized spacial score (nSPS) is 9.70. The molecule has 2 nitrogen and oxygen atoms in total. The van der Waals surface area contributed by atoms with E-state index >= 15 is 0 Å². The van der Waals surface area contributed by atoms with Gasteiger partial charge in [0.1, 0.15) is 0 Å². The van der Waals surface area contributed by atoms with Crippen LogP contribution in [-0.4, -0.2) is 11.6 Å². The maximum absolute atomic E-state index is 10.7. The first-order chi connectivity index (χ1) is 4.70. The third kappa shape index (κ3) is 3.78. The van der Waals surface area contributed by atoms with Gasteiger partial charge in [0.05, 0.1) is 6.42 Å². The van der Waals surface area contributed by atoms with Crippen molar-refractivity contribution >= 4 is 11.6 Å². The average molecular weight is 138 g/mol. The fraction of sp³-hybridized carbons (Fsp3) is 0.250. The van der Waals surface area contributed by atoms with E-state index in [0.717, 1.165) is 6.08 Å². The highest BCUT2D eigenvalue weighted by Gasteiger charge is 2.00. The quantitative estimate of drug-likeness (QED) is 0.433. The van der Waals surface area contributed by atoms with Crippen LogP contribution in [0.3, 0.4) is 0 Å². The molecule has 0 bridgehead atoms. The molecule has 0 fully saturated rings. The fourth-order valence-corrected chi connectivity index (χ4v) is 0.489. The number of hydrogen-bond donors (Lipinski definition) is 0. The van der Waals surface area contributed by atoms with Gasteiger partial charge < -0.3 is 0 Å². The van der Waals surface area contributed by atoms with Crippen LogP contribution in [0.5, 0.6) is 0 Å². The average Bonchev–Trinajstić information content (AvgIpc) is 1.88. The van der Waals surface area contributed by atoms with Crippen molar-refractivity contribution in [1.29, 1.82) is 0 Å². The van der Waals surface area contributed by atoms with E-state index in [1.165, 1.54) is 6.08 Å². The molecular weight excluding hydrogens is 128 g/mol. The van der Waals surface area contributed by atoms with Crippen LogP contribution in [0.25, 0.3) is 0 Å². The van der Waals surface area contributed by atoms with E-state index in [2.05, 4.69) is 6.58 Å². The molecule has 0 spiro atoms. The number of rotatable bonds is 4. The SMILES string of the molecule is C=CC(=O)CC(=O)C=CC. The maximum atomic E-state index is 10.7. The Balaban J connectivity index is 3.79. The van der Waals surface area contributed by atoms with E-state index in [-0.39, 0.29) is 18.0 Å². The molecule has 2 heteroatoms. The molecule has 0 heterocycles. The van der Waals surface area contributed by atoms with Crippen molar-refractivity contribution in [3.63, 3.8) is 0 Å². The Kier molecular flexibility index (Phi) is 4.12. The van der Waals surface area contributed by atoms with Crippen LogP contribution >= 0.6 is 0 Å². The number of hydrogen-bond acceptors (Lipinski definition) is 2. The van der Waals surface area contributed by atoms with Crippen molar-refractivity contribution in [2.75, 3.05) is 0 Å². The topological polar surface area (TPSA) is 34.1 Å². The van der Waals surface area contributed by atoms with Gasteiger partial charge in [0.2, 0.25) is 0 Å². The number of ketones is 2. The number of allylic oxidation sites excluding steroid dienone is 3. The zero-order valence-corrected chi connectivity index (χ0v) is 5.96. The zero-order chi connectivity index (χ0) is 7.98. The molecule has 0 amide bonds. The Morgan fingerprint density at radius 1 is 1.40 bits per heavy atom. The summed E-state index contributed by atoms with van der Waals surface area (Å²) < 4.78 is 0. The van der Waals surface area contributed by atoms with Crippen LogP contribution in [-0.2, 0) is 9.59 Å². The molecule has 0 saturated heterocycles. The summed E-state index contributed by atoms with van der Waals surface area (Å²) in [5.74, 6) is -0.407. The highest BCUT2D eigenvalue weighted by Crippen LogP contribution is 1.88. The van der Waals surface area contributed by atoms with Crippen LogP contribution in [0.2, 0.25) is 0 Å². The maximum Gasteiger partial charge on any atom is 0.163 e. The minimum Gasteiger partial charge on any atom is -0.294 e. The molecule has 0 N–H and O–H groups in total. The number of carbonyl (C=O) groups is 2. The lowest BCUT2D eigenvalue weighted by Crippen LogP contribution is -2.00. The summed E-state index contributed by atoms with van der Waals surface area (Å²) in [7, 11) is 0. The van der Waals surface area contributed by atoms with Crippen molar-refractivity contribution in [1.82, 2.24) is 0 Å². The summed E-state index contributed by atoms with van der Waals surface area (Å²) in [5.41, 5.74) is 0. The first-order valence-electron chi connectivity index (χ1n) is 3.01. The molecule has 0 aromatic heterocycles. The molecule has 0 saturated carbocycles. The second-order valence-electron chi connectivity index (χ2n) is 1.81. The number of carbonyl (C=O) groups excluding carboxylic acids is 2. The van der Waals surface area contributed by atoms with Crippen molar-refractivity contribution < 1.29 is 9.59 Å². The predicted octanol–water partition coefficient (Wildman–Crippen LogP) is 1.28. The Bertz CT molecular complexity index is 178. The third-order valence-corrected chi connectivity index (χ3v) is 0.929. The molecule has 54 valence electrons. The monoisotopic (exact) mass is 138 g/mol. The lowest BCUT2D eigenvalue weighted by molar-refractivity contribution is -0.121. The van der Waals surface area contributed by atoms with Gasteiger partial charge in [-0.25, -0.2) is 0 Å². The lowest BCUT2D eigenvalue weighted by Gasteiger charge is -1.86. The molecular formula is C8H10O2.